The van der Waals surface area contributed by atoms with Crippen LogP contribution < -0.4 is 14.4 Å². The number of rotatable bonds is 7. The molecular weight excluding hydrogens is 416 g/mol. The summed E-state index contributed by atoms with van der Waals surface area (Å²) in [5.74, 6) is 0.754. The first-order valence-corrected chi connectivity index (χ1v) is 11.5. The molecule has 0 spiro atoms. The largest absolute Gasteiger partial charge is 0.490 e. The molecule has 1 fully saturated rings. The van der Waals surface area contributed by atoms with Crippen LogP contribution in [0.1, 0.15) is 36.5 Å². The van der Waals surface area contributed by atoms with Crippen LogP contribution in [0.4, 0.5) is 5.69 Å². The number of ether oxygens (including phenoxy) is 2. The Bertz CT molecular complexity index is 1140. The average Bonchev–Trinajstić information content (AvgIpc) is 2.87. The van der Waals surface area contributed by atoms with Gasteiger partial charge in [-0.2, -0.15) is 0 Å². The third-order valence-electron chi connectivity index (χ3n) is 5.98. The quantitative estimate of drug-likeness (QED) is 0.518. The normalized spacial score (nSPS) is 13.6. The van der Waals surface area contributed by atoms with E-state index in [-0.39, 0.29) is 18.4 Å². The molecule has 0 atom stereocenters. The van der Waals surface area contributed by atoms with Crippen LogP contribution >= 0.6 is 0 Å². The lowest BCUT2D eigenvalue weighted by molar-refractivity contribution is -0.134. The van der Waals surface area contributed by atoms with Gasteiger partial charge in [0.05, 0.1) is 6.61 Å². The summed E-state index contributed by atoms with van der Waals surface area (Å²) in [5.41, 5.74) is 1.30. The molecule has 0 N–H and O–H groups in total. The molecule has 1 heterocycles. The molecule has 6 nitrogen and oxygen atoms in total. The van der Waals surface area contributed by atoms with Crippen LogP contribution in [0, 0.1) is 0 Å². The van der Waals surface area contributed by atoms with Crippen LogP contribution in [0.3, 0.4) is 0 Å². The number of hydrogen-bond donors (Lipinski definition) is 0. The Balaban J connectivity index is 1.49. The van der Waals surface area contributed by atoms with E-state index in [0.29, 0.717) is 23.7 Å². The summed E-state index contributed by atoms with van der Waals surface area (Å²) in [6.07, 6.45) is 3.25. The van der Waals surface area contributed by atoms with Gasteiger partial charge in [0.1, 0.15) is 0 Å². The number of nitrogens with zero attached hydrogens (tertiary/aromatic N) is 2. The zero-order valence-electron chi connectivity index (χ0n) is 19.3. The van der Waals surface area contributed by atoms with Crippen molar-refractivity contribution in [3.8, 4) is 11.5 Å². The van der Waals surface area contributed by atoms with Crippen LogP contribution in [-0.4, -0.2) is 50.1 Å². The lowest BCUT2D eigenvalue weighted by Gasteiger charge is -2.26. The fourth-order valence-electron chi connectivity index (χ4n) is 4.10. The van der Waals surface area contributed by atoms with E-state index in [9.17, 15) is 9.59 Å². The van der Waals surface area contributed by atoms with E-state index in [1.54, 1.807) is 30.1 Å². The summed E-state index contributed by atoms with van der Waals surface area (Å²) < 4.78 is 11.5. The maximum atomic E-state index is 13.2. The molecule has 0 unspecified atom stereocenters. The van der Waals surface area contributed by atoms with E-state index in [1.165, 1.54) is 6.42 Å². The standard InChI is InChI=1S/C27H30N2O4/c1-3-32-25-18-22(12-14-24(25)33-19-26(30)29-15-7-4-8-16-29)27(31)28(2)23-13-11-20-9-5-6-10-21(20)17-23/h5-6,9-14,17-18H,3-4,7-8,15-16,19H2,1-2H3. The molecule has 0 radical (unpaired) electrons. The number of carbonyl (C=O) groups excluding carboxylic acids is 2. The first-order chi connectivity index (χ1) is 16.1. The van der Waals surface area contributed by atoms with Crippen molar-refractivity contribution in [1.29, 1.82) is 0 Å². The van der Waals surface area contributed by atoms with E-state index in [0.717, 1.165) is 42.4 Å². The Kier molecular flexibility index (Phi) is 7.13. The molecule has 0 aliphatic carbocycles. The second-order valence-corrected chi connectivity index (χ2v) is 8.22. The number of benzene rings is 3. The third kappa shape index (κ3) is 5.28. The van der Waals surface area contributed by atoms with Crippen molar-refractivity contribution in [2.75, 3.05) is 38.3 Å². The average molecular weight is 447 g/mol. The predicted octanol–water partition coefficient (Wildman–Crippen LogP) is 4.91. The maximum absolute atomic E-state index is 13.2. The van der Waals surface area contributed by atoms with Gasteiger partial charge < -0.3 is 19.3 Å². The Hall–Kier alpha value is -3.54. The third-order valence-corrected chi connectivity index (χ3v) is 5.98. The van der Waals surface area contributed by atoms with Gasteiger partial charge in [0, 0.05) is 31.4 Å². The highest BCUT2D eigenvalue weighted by atomic mass is 16.5. The van der Waals surface area contributed by atoms with Gasteiger partial charge in [0.25, 0.3) is 11.8 Å². The fourth-order valence-corrected chi connectivity index (χ4v) is 4.10. The number of carbonyl (C=O) groups is 2. The minimum absolute atomic E-state index is 0.0201. The second kappa shape index (κ2) is 10.4. The first-order valence-electron chi connectivity index (χ1n) is 11.5. The second-order valence-electron chi connectivity index (χ2n) is 8.22. The first kappa shape index (κ1) is 22.6. The molecule has 0 saturated carbocycles. The van der Waals surface area contributed by atoms with Gasteiger partial charge in [-0.15, -0.1) is 0 Å². The summed E-state index contributed by atoms with van der Waals surface area (Å²) >= 11 is 0. The smallest absolute Gasteiger partial charge is 0.260 e. The zero-order chi connectivity index (χ0) is 23.2. The van der Waals surface area contributed by atoms with Gasteiger partial charge in [0.2, 0.25) is 0 Å². The van der Waals surface area contributed by atoms with Crippen molar-refractivity contribution >= 4 is 28.3 Å². The number of amides is 2. The minimum Gasteiger partial charge on any atom is -0.490 e. The van der Waals surface area contributed by atoms with Crippen molar-refractivity contribution in [3.63, 3.8) is 0 Å². The number of piperidine rings is 1. The van der Waals surface area contributed by atoms with Crippen molar-refractivity contribution in [1.82, 2.24) is 4.90 Å². The van der Waals surface area contributed by atoms with E-state index in [4.69, 9.17) is 9.47 Å². The lowest BCUT2D eigenvalue weighted by atomic mass is 10.1. The molecule has 3 aromatic carbocycles. The van der Waals surface area contributed by atoms with Gasteiger partial charge in [0.15, 0.2) is 18.1 Å². The van der Waals surface area contributed by atoms with Gasteiger partial charge >= 0.3 is 0 Å². The maximum Gasteiger partial charge on any atom is 0.260 e. The van der Waals surface area contributed by atoms with Crippen molar-refractivity contribution in [3.05, 3.63) is 66.2 Å². The molecule has 4 rings (SSSR count). The topological polar surface area (TPSA) is 59.1 Å². The molecule has 1 aliphatic heterocycles. The van der Waals surface area contributed by atoms with Gasteiger partial charge in [-0.05, 0) is 67.3 Å². The number of hydrogen-bond acceptors (Lipinski definition) is 4. The summed E-state index contributed by atoms with van der Waals surface area (Å²) in [7, 11) is 1.76. The summed E-state index contributed by atoms with van der Waals surface area (Å²) in [6, 6.07) is 19.1. The van der Waals surface area contributed by atoms with Crippen molar-refractivity contribution in [2.24, 2.45) is 0 Å². The summed E-state index contributed by atoms with van der Waals surface area (Å²) in [5, 5.41) is 2.20. The number of likely N-dealkylation sites (tertiary alicyclic amines) is 1. The molecule has 2 amide bonds. The van der Waals surface area contributed by atoms with Crippen molar-refractivity contribution in [2.45, 2.75) is 26.2 Å². The van der Waals surface area contributed by atoms with Gasteiger partial charge in [-0.25, -0.2) is 0 Å². The molecule has 1 aliphatic rings. The van der Waals surface area contributed by atoms with Crippen LogP contribution in [0.5, 0.6) is 11.5 Å². The Labute approximate surface area is 194 Å². The molecule has 172 valence electrons. The molecule has 6 heteroatoms. The molecule has 33 heavy (non-hydrogen) atoms. The molecule has 3 aromatic rings. The van der Waals surface area contributed by atoms with Crippen LogP contribution in [0.25, 0.3) is 10.8 Å². The minimum atomic E-state index is -0.151. The molecule has 0 bridgehead atoms. The zero-order valence-corrected chi connectivity index (χ0v) is 19.3. The fraction of sp³-hybridized carbons (Fsp3) is 0.333. The van der Waals surface area contributed by atoms with Crippen LogP contribution in [-0.2, 0) is 4.79 Å². The predicted molar refractivity (Wildman–Crippen MR) is 130 cm³/mol. The Morgan fingerprint density at radius 2 is 1.64 bits per heavy atom. The van der Waals surface area contributed by atoms with Crippen LogP contribution in [0.15, 0.2) is 60.7 Å². The summed E-state index contributed by atoms with van der Waals surface area (Å²) in [4.78, 5) is 29.1. The van der Waals surface area contributed by atoms with E-state index >= 15 is 0 Å². The highest BCUT2D eigenvalue weighted by molar-refractivity contribution is 6.07. The van der Waals surface area contributed by atoms with E-state index in [2.05, 4.69) is 0 Å². The lowest BCUT2D eigenvalue weighted by Crippen LogP contribution is -2.38. The van der Waals surface area contributed by atoms with Gasteiger partial charge in [-0.3, -0.25) is 9.59 Å². The SMILES string of the molecule is CCOc1cc(C(=O)N(C)c2ccc3ccccc3c2)ccc1OCC(=O)N1CCCCC1. The van der Waals surface area contributed by atoms with E-state index in [1.807, 2.05) is 54.3 Å². The Morgan fingerprint density at radius 3 is 2.39 bits per heavy atom. The summed E-state index contributed by atoms with van der Waals surface area (Å²) in [6.45, 7) is 3.83. The molecular formula is C27H30N2O4. The molecule has 1 saturated heterocycles. The van der Waals surface area contributed by atoms with Gasteiger partial charge in [-0.1, -0.05) is 30.3 Å². The Morgan fingerprint density at radius 1 is 0.879 bits per heavy atom. The highest BCUT2D eigenvalue weighted by Gasteiger charge is 2.20. The number of fused-ring (bicyclic) bond motifs is 1. The highest BCUT2D eigenvalue weighted by Crippen LogP contribution is 2.30. The van der Waals surface area contributed by atoms with Crippen molar-refractivity contribution < 1.29 is 19.1 Å². The monoisotopic (exact) mass is 446 g/mol. The molecule has 0 aromatic heterocycles. The van der Waals surface area contributed by atoms with Crippen LogP contribution in [0.2, 0.25) is 0 Å². The van der Waals surface area contributed by atoms with E-state index < -0.39 is 0 Å². The number of anilines is 1.